The lowest BCUT2D eigenvalue weighted by molar-refractivity contribution is 0.388. The molecular weight excluding hydrogens is 224 g/mol. The van der Waals surface area contributed by atoms with Crippen molar-refractivity contribution >= 4 is 0 Å². The van der Waals surface area contributed by atoms with Gasteiger partial charge in [0.05, 0.1) is 5.69 Å². The number of aromatic hydroxyl groups is 1. The third kappa shape index (κ3) is 3.50. The zero-order valence-corrected chi connectivity index (χ0v) is 12.6. The highest BCUT2D eigenvalue weighted by Crippen LogP contribution is 2.32. The van der Waals surface area contributed by atoms with Crippen LogP contribution in [0.25, 0.3) is 0 Å². The molecule has 0 aromatic carbocycles. The molecule has 0 atom stereocenters. The number of nitrogens with zero attached hydrogens (tertiary/aromatic N) is 2. The molecule has 0 amide bonds. The van der Waals surface area contributed by atoms with Crippen LogP contribution in [0.4, 0.5) is 0 Å². The smallest absolute Gasteiger partial charge is 0.212 e. The van der Waals surface area contributed by atoms with Crippen LogP contribution in [-0.2, 0) is 18.4 Å². The standard InChI is InChI=1S/C15H28N2O/c1-6-8-10-12-13(15(3,4)5)16-17(14(12)18)11-9-7-2/h18H,6-11H2,1-5H3. The zero-order chi connectivity index (χ0) is 13.8. The van der Waals surface area contributed by atoms with E-state index in [1.165, 1.54) is 0 Å². The highest BCUT2D eigenvalue weighted by atomic mass is 16.3. The van der Waals surface area contributed by atoms with E-state index in [4.69, 9.17) is 0 Å². The Bertz CT molecular complexity index is 375. The molecule has 3 heteroatoms. The molecule has 0 saturated heterocycles. The Hall–Kier alpha value is -0.990. The lowest BCUT2D eigenvalue weighted by Crippen LogP contribution is -2.15. The van der Waals surface area contributed by atoms with E-state index < -0.39 is 0 Å². The molecule has 3 nitrogen and oxygen atoms in total. The van der Waals surface area contributed by atoms with Gasteiger partial charge in [-0.2, -0.15) is 5.10 Å². The van der Waals surface area contributed by atoms with E-state index in [2.05, 4.69) is 39.7 Å². The number of rotatable bonds is 6. The molecule has 0 aliphatic carbocycles. The summed E-state index contributed by atoms with van der Waals surface area (Å²) in [6.45, 7) is 11.6. The van der Waals surface area contributed by atoms with Crippen LogP contribution in [-0.4, -0.2) is 14.9 Å². The van der Waals surface area contributed by atoms with Crippen molar-refractivity contribution in [3.8, 4) is 5.88 Å². The number of hydrogen-bond donors (Lipinski definition) is 1. The second-order valence-corrected chi connectivity index (χ2v) is 6.08. The lowest BCUT2D eigenvalue weighted by Gasteiger charge is -2.17. The topological polar surface area (TPSA) is 38.0 Å². The minimum Gasteiger partial charge on any atom is -0.493 e. The van der Waals surface area contributed by atoms with Crippen LogP contribution in [0.15, 0.2) is 0 Å². The summed E-state index contributed by atoms with van der Waals surface area (Å²) < 4.78 is 1.79. The molecule has 0 spiro atoms. The van der Waals surface area contributed by atoms with Crippen molar-refractivity contribution < 1.29 is 5.11 Å². The third-order valence-electron chi connectivity index (χ3n) is 3.24. The van der Waals surface area contributed by atoms with Gasteiger partial charge in [0.15, 0.2) is 0 Å². The molecule has 1 heterocycles. The first kappa shape index (κ1) is 15.1. The Kier molecular flexibility index (Phi) is 5.24. The molecule has 1 aromatic heterocycles. The van der Waals surface area contributed by atoms with Crippen LogP contribution in [0, 0.1) is 0 Å². The summed E-state index contributed by atoms with van der Waals surface area (Å²) in [6.07, 6.45) is 5.36. The molecule has 0 saturated carbocycles. The Labute approximate surface area is 111 Å². The summed E-state index contributed by atoms with van der Waals surface area (Å²) in [7, 11) is 0. The van der Waals surface area contributed by atoms with Gasteiger partial charge in [0.2, 0.25) is 5.88 Å². The number of hydrogen-bond acceptors (Lipinski definition) is 2. The van der Waals surface area contributed by atoms with E-state index in [0.29, 0.717) is 5.88 Å². The van der Waals surface area contributed by atoms with Gasteiger partial charge in [0.1, 0.15) is 0 Å². The molecule has 1 N–H and O–H groups in total. The Morgan fingerprint density at radius 2 is 1.72 bits per heavy atom. The van der Waals surface area contributed by atoms with Gasteiger partial charge in [-0.3, -0.25) is 0 Å². The highest BCUT2D eigenvalue weighted by molar-refractivity contribution is 5.35. The fraction of sp³-hybridized carbons (Fsp3) is 0.800. The van der Waals surface area contributed by atoms with Gasteiger partial charge < -0.3 is 5.11 Å². The van der Waals surface area contributed by atoms with Crippen molar-refractivity contribution in [1.29, 1.82) is 0 Å². The molecule has 0 bridgehead atoms. The van der Waals surface area contributed by atoms with Crippen molar-refractivity contribution in [2.45, 2.75) is 78.7 Å². The second-order valence-electron chi connectivity index (χ2n) is 6.08. The van der Waals surface area contributed by atoms with Gasteiger partial charge in [-0.25, -0.2) is 4.68 Å². The predicted molar refractivity (Wildman–Crippen MR) is 76.1 cm³/mol. The second kappa shape index (κ2) is 6.26. The summed E-state index contributed by atoms with van der Waals surface area (Å²) in [6, 6.07) is 0. The van der Waals surface area contributed by atoms with Crippen LogP contribution in [0.5, 0.6) is 5.88 Å². The first-order valence-corrected chi connectivity index (χ1v) is 7.20. The quantitative estimate of drug-likeness (QED) is 0.830. The minimum absolute atomic E-state index is 0.00196. The van der Waals surface area contributed by atoms with E-state index in [-0.39, 0.29) is 5.41 Å². The van der Waals surface area contributed by atoms with Crippen molar-refractivity contribution in [3.63, 3.8) is 0 Å². The maximum Gasteiger partial charge on any atom is 0.212 e. The number of aromatic nitrogens is 2. The maximum atomic E-state index is 10.3. The molecule has 0 aliphatic rings. The average molecular weight is 252 g/mol. The highest BCUT2D eigenvalue weighted by Gasteiger charge is 2.25. The third-order valence-corrected chi connectivity index (χ3v) is 3.24. The SMILES string of the molecule is CCCCc1c(C(C)(C)C)nn(CCCC)c1O. The van der Waals surface area contributed by atoms with Crippen LogP contribution in [0.3, 0.4) is 0 Å². The summed E-state index contributed by atoms with van der Waals surface area (Å²) in [5, 5.41) is 15.0. The molecule has 1 rings (SSSR count). The number of aryl methyl sites for hydroxylation is 1. The molecule has 0 aliphatic heterocycles. The predicted octanol–water partition coefficient (Wildman–Crippen LogP) is 4.03. The first-order valence-electron chi connectivity index (χ1n) is 7.20. The van der Waals surface area contributed by atoms with Gasteiger partial charge in [0, 0.05) is 17.5 Å². The fourth-order valence-corrected chi connectivity index (χ4v) is 2.14. The first-order chi connectivity index (χ1) is 8.41. The molecule has 1 aromatic rings. The Balaban J connectivity index is 3.06. The van der Waals surface area contributed by atoms with E-state index in [1.54, 1.807) is 4.68 Å². The molecule has 0 radical (unpaired) electrons. The molecule has 18 heavy (non-hydrogen) atoms. The molecule has 0 fully saturated rings. The van der Waals surface area contributed by atoms with E-state index in [0.717, 1.165) is 49.9 Å². The van der Waals surface area contributed by atoms with Crippen molar-refractivity contribution in [3.05, 3.63) is 11.3 Å². The van der Waals surface area contributed by atoms with E-state index in [1.807, 2.05) is 0 Å². The lowest BCUT2D eigenvalue weighted by atomic mass is 9.88. The average Bonchev–Trinajstić information content (AvgIpc) is 2.61. The summed E-state index contributed by atoms with van der Waals surface area (Å²) in [5.74, 6) is 0.391. The number of unbranched alkanes of at least 4 members (excludes halogenated alkanes) is 2. The van der Waals surface area contributed by atoms with Crippen molar-refractivity contribution in [2.24, 2.45) is 0 Å². The molecule has 0 unspecified atom stereocenters. The van der Waals surface area contributed by atoms with Crippen LogP contribution in [0.1, 0.15) is 71.6 Å². The Morgan fingerprint density at radius 1 is 1.11 bits per heavy atom. The van der Waals surface area contributed by atoms with Gasteiger partial charge in [-0.05, 0) is 19.3 Å². The van der Waals surface area contributed by atoms with Gasteiger partial charge in [-0.1, -0.05) is 47.5 Å². The molecule has 104 valence electrons. The van der Waals surface area contributed by atoms with Crippen molar-refractivity contribution in [2.75, 3.05) is 0 Å². The monoisotopic (exact) mass is 252 g/mol. The Morgan fingerprint density at radius 3 is 2.22 bits per heavy atom. The fourth-order valence-electron chi connectivity index (χ4n) is 2.14. The summed E-state index contributed by atoms with van der Waals surface area (Å²) in [5.41, 5.74) is 2.11. The minimum atomic E-state index is -0.00196. The summed E-state index contributed by atoms with van der Waals surface area (Å²) >= 11 is 0. The normalized spacial score (nSPS) is 12.1. The molecular formula is C15H28N2O. The van der Waals surface area contributed by atoms with Crippen LogP contribution in [0.2, 0.25) is 0 Å². The van der Waals surface area contributed by atoms with E-state index in [9.17, 15) is 5.11 Å². The van der Waals surface area contributed by atoms with E-state index >= 15 is 0 Å². The van der Waals surface area contributed by atoms with Crippen LogP contribution < -0.4 is 0 Å². The van der Waals surface area contributed by atoms with Gasteiger partial charge >= 0.3 is 0 Å². The summed E-state index contributed by atoms with van der Waals surface area (Å²) in [4.78, 5) is 0. The van der Waals surface area contributed by atoms with Gasteiger partial charge in [-0.15, -0.1) is 0 Å². The maximum absolute atomic E-state index is 10.3. The zero-order valence-electron chi connectivity index (χ0n) is 12.6. The van der Waals surface area contributed by atoms with Crippen molar-refractivity contribution in [1.82, 2.24) is 9.78 Å². The van der Waals surface area contributed by atoms with Gasteiger partial charge in [0.25, 0.3) is 0 Å². The largest absolute Gasteiger partial charge is 0.493 e. The van der Waals surface area contributed by atoms with Crippen LogP contribution >= 0.6 is 0 Å².